The van der Waals surface area contributed by atoms with Crippen molar-refractivity contribution >= 4 is 17.4 Å². The Balaban J connectivity index is 2.06. The standard InChI is InChI=1S/C15H25N3S/c1-12(2)8-17-10-14-9-16-5-4-15(14)18-6-7-19-11-13(18)3/h4-5,9,12-13,17H,6-8,10-11H2,1-3H3. The second-order valence-corrected chi connectivity index (χ2v) is 6.80. The SMILES string of the molecule is CC(C)CNCc1cnccc1N1CCSCC1C. The molecule has 1 aromatic rings. The molecule has 0 amide bonds. The summed E-state index contributed by atoms with van der Waals surface area (Å²) in [7, 11) is 0. The van der Waals surface area contributed by atoms with E-state index in [1.165, 1.54) is 22.8 Å². The Morgan fingerprint density at radius 1 is 1.53 bits per heavy atom. The maximum atomic E-state index is 4.29. The molecule has 2 heterocycles. The van der Waals surface area contributed by atoms with Crippen LogP contribution in [0.4, 0.5) is 5.69 Å². The molecule has 4 heteroatoms. The Hall–Kier alpha value is -0.740. The molecule has 1 aliphatic heterocycles. The van der Waals surface area contributed by atoms with Gasteiger partial charge < -0.3 is 10.2 Å². The molecule has 1 unspecified atom stereocenters. The van der Waals surface area contributed by atoms with E-state index < -0.39 is 0 Å². The van der Waals surface area contributed by atoms with Crippen molar-refractivity contribution in [3.63, 3.8) is 0 Å². The predicted octanol–water partition coefficient (Wildman–Crippen LogP) is 2.77. The second-order valence-electron chi connectivity index (χ2n) is 5.65. The summed E-state index contributed by atoms with van der Waals surface area (Å²) in [6.07, 6.45) is 3.92. The summed E-state index contributed by atoms with van der Waals surface area (Å²) in [6.45, 7) is 9.91. The molecule has 2 rings (SSSR count). The van der Waals surface area contributed by atoms with Gasteiger partial charge in [0.05, 0.1) is 0 Å². The van der Waals surface area contributed by atoms with E-state index in [4.69, 9.17) is 0 Å². The number of anilines is 1. The summed E-state index contributed by atoms with van der Waals surface area (Å²) < 4.78 is 0. The van der Waals surface area contributed by atoms with Crippen LogP contribution in [0, 0.1) is 5.92 Å². The minimum absolute atomic E-state index is 0.616. The molecular formula is C15H25N3S. The van der Waals surface area contributed by atoms with Gasteiger partial charge in [-0.25, -0.2) is 0 Å². The van der Waals surface area contributed by atoms with Crippen molar-refractivity contribution in [2.75, 3.05) is 29.5 Å². The molecule has 0 spiro atoms. The molecule has 1 atom stereocenters. The molecule has 106 valence electrons. The van der Waals surface area contributed by atoms with Crippen LogP contribution >= 0.6 is 11.8 Å². The van der Waals surface area contributed by atoms with Crippen LogP contribution in [0.5, 0.6) is 0 Å². The molecule has 1 aliphatic rings. The second kappa shape index (κ2) is 7.15. The van der Waals surface area contributed by atoms with Gasteiger partial charge in [0.2, 0.25) is 0 Å². The molecule has 19 heavy (non-hydrogen) atoms. The van der Waals surface area contributed by atoms with Crippen LogP contribution in [0.25, 0.3) is 0 Å². The molecule has 0 bridgehead atoms. The van der Waals surface area contributed by atoms with Gasteiger partial charge in [-0.1, -0.05) is 13.8 Å². The highest BCUT2D eigenvalue weighted by molar-refractivity contribution is 7.99. The first-order valence-electron chi connectivity index (χ1n) is 7.16. The average molecular weight is 279 g/mol. The van der Waals surface area contributed by atoms with E-state index in [0.29, 0.717) is 12.0 Å². The average Bonchev–Trinajstić information content (AvgIpc) is 2.40. The smallest absolute Gasteiger partial charge is 0.0445 e. The molecule has 0 aliphatic carbocycles. The maximum Gasteiger partial charge on any atom is 0.0445 e. The van der Waals surface area contributed by atoms with Gasteiger partial charge in [-0.15, -0.1) is 0 Å². The normalized spacial score (nSPS) is 20.0. The van der Waals surface area contributed by atoms with Gasteiger partial charge >= 0.3 is 0 Å². The number of aromatic nitrogens is 1. The van der Waals surface area contributed by atoms with Crippen LogP contribution in [0.3, 0.4) is 0 Å². The summed E-state index contributed by atoms with van der Waals surface area (Å²) in [6, 6.07) is 2.78. The van der Waals surface area contributed by atoms with Crippen LogP contribution in [0.15, 0.2) is 18.5 Å². The van der Waals surface area contributed by atoms with Gasteiger partial charge in [-0.3, -0.25) is 4.98 Å². The third-order valence-electron chi connectivity index (χ3n) is 3.42. The monoisotopic (exact) mass is 279 g/mol. The van der Waals surface area contributed by atoms with Gasteiger partial charge in [0.1, 0.15) is 0 Å². The van der Waals surface area contributed by atoms with E-state index in [2.05, 4.69) is 53.8 Å². The number of hydrogen-bond acceptors (Lipinski definition) is 4. The summed E-state index contributed by atoms with van der Waals surface area (Å²) in [5.74, 6) is 3.14. The number of nitrogens with zero attached hydrogens (tertiary/aromatic N) is 2. The van der Waals surface area contributed by atoms with Crippen LogP contribution < -0.4 is 10.2 Å². The van der Waals surface area contributed by atoms with E-state index in [0.717, 1.165) is 19.6 Å². The number of hydrogen-bond donors (Lipinski definition) is 1. The molecule has 0 saturated carbocycles. The maximum absolute atomic E-state index is 4.29. The first-order chi connectivity index (χ1) is 9.18. The van der Waals surface area contributed by atoms with Gasteiger partial charge in [-0.05, 0) is 25.5 Å². The minimum atomic E-state index is 0.616. The molecule has 1 aromatic heterocycles. The Morgan fingerprint density at radius 3 is 3.11 bits per heavy atom. The fourth-order valence-corrected chi connectivity index (χ4v) is 3.43. The Morgan fingerprint density at radius 2 is 2.37 bits per heavy atom. The number of rotatable bonds is 5. The predicted molar refractivity (Wildman–Crippen MR) is 84.9 cm³/mol. The van der Waals surface area contributed by atoms with E-state index in [9.17, 15) is 0 Å². The highest BCUT2D eigenvalue weighted by Crippen LogP contribution is 2.26. The number of pyridine rings is 1. The molecule has 3 nitrogen and oxygen atoms in total. The third kappa shape index (κ3) is 4.11. The van der Waals surface area contributed by atoms with Gasteiger partial charge in [0.25, 0.3) is 0 Å². The van der Waals surface area contributed by atoms with Gasteiger partial charge in [0, 0.05) is 54.3 Å². The molecule has 0 aromatic carbocycles. The zero-order valence-electron chi connectivity index (χ0n) is 12.2. The lowest BCUT2D eigenvalue weighted by atomic mass is 10.1. The molecule has 1 fully saturated rings. The summed E-state index contributed by atoms with van der Waals surface area (Å²) in [5, 5.41) is 3.52. The van der Waals surface area contributed by atoms with Crippen molar-refractivity contribution < 1.29 is 0 Å². The van der Waals surface area contributed by atoms with Crippen LogP contribution in [0.2, 0.25) is 0 Å². The molecular weight excluding hydrogens is 254 g/mol. The fraction of sp³-hybridized carbons (Fsp3) is 0.667. The van der Waals surface area contributed by atoms with Crippen LogP contribution in [-0.4, -0.2) is 35.6 Å². The van der Waals surface area contributed by atoms with Gasteiger partial charge in [-0.2, -0.15) is 11.8 Å². The fourth-order valence-electron chi connectivity index (χ4n) is 2.42. The molecule has 1 N–H and O–H groups in total. The third-order valence-corrected chi connectivity index (χ3v) is 4.61. The van der Waals surface area contributed by atoms with Crippen molar-refractivity contribution in [2.45, 2.75) is 33.4 Å². The largest absolute Gasteiger partial charge is 0.367 e. The zero-order valence-corrected chi connectivity index (χ0v) is 13.0. The van der Waals surface area contributed by atoms with E-state index in [-0.39, 0.29) is 0 Å². The summed E-state index contributed by atoms with van der Waals surface area (Å²) in [4.78, 5) is 6.82. The number of nitrogens with one attached hydrogen (secondary N) is 1. The van der Waals surface area contributed by atoms with Crippen LogP contribution in [0.1, 0.15) is 26.3 Å². The zero-order chi connectivity index (χ0) is 13.7. The van der Waals surface area contributed by atoms with E-state index in [1.807, 2.05) is 12.4 Å². The first kappa shape index (κ1) is 14.7. The summed E-state index contributed by atoms with van der Waals surface area (Å²) in [5.41, 5.74) is 2.68. The van der Waals surface area contributed by atoms with E-state index >= 15 is 0 Å². The van der Waals surface area contributed by atoms with Crippen molar-refractivity contribution in [2.24, 2.45) is 5.92 Å². The Bertz CT molecular complexity index is 395. The lowest BCUT2D eigenvalue weighted by molar-refractivity contribution is 0.550. The highest BCUT2D eigenvalue weighted by Gasteiger charge is 2.20. The first-order valence-corrected chi connectivity index (χ1v) is 8.32. The molecule has 0 radical (unpaired) electrons. The lowest BCUT2D eigenvalue weighted by Gasteiger charge is -2.36. The van der Waals surface area contributed by atoms with Crippen molar-refractivity contribution in [1.29, 1.82) is 0 Å². The van der Waals surface area contributed by atoms with Crippen molar-refractivity contribution in [3.05, 3.63) is 24.0 Å². The Kier molecular flexibility index (Phi) is 5.52. The minimum Gasteiger partial charge on any atom is -0.367 e. The topological polar surface area (TPSA) is 28.2 Å². The highest BCUT2D eigenvalue weighted by atomic mass is 32.2. The summed E-state index contributed by atoms with van der Waals surface area (Å²) >= 11 is 2.06. The quantitative estimate of drug-likeness (QED) is 0.897. The lowest BCUT2D eigenvalue weighted by Crippen LogP contribution is -2.41. The number of thioether (sulfide) groups is 1. The molecule has 1 saturated heterocycles. The van der Waals surface area contributed by atoms with Crippen molar-refractivity contribution in [3.8, 4) is 0 Å². The Labute approximate surface area is 121 Å². The van der Waals surface area contributed by atoms with Gasteiger partial charge in [0.15, 0.2) is 0 Å². The van der Waals surface area contributed by atoms with E-state index in [1.54, 1.807) is 0 Å². The van der Waals surface area contributed by atoms with Crippen LogP contribution in [-0.2, 0) is 6.54 Å². The van der Waals surface area contributed by atoms with Crippen molar-refractivity contribution in [1.82, 2.24) is 10.3 Å².